The molecule has 0 atom stereocenters. The third-order valence-electron chi connectivity index (χ3n) is 3.49. The average Bonchev–Trinajstić information content (AvgIpc) is 2.86. The number of carbonyl (C=O) groups excluding carboxylic acids is 1. The number of fused-ring (bicyclic) bond motifs is 1. The fraction of sp³-hybridized carbons (Fsp3) is 0.118. The molecule has 3 heteroatoms. The van der Waals surface area contributed by atoms with Gasteiger partial charge in [-0.3, -0.25) is 4.79 Å². The SMILES string of the molecule is CCn1cc(C(=O)c2ccccc2I)c2ccccc21. The van der Waals surface area contributed by atoms with E-state index in [1.54, 1.807) is 0 Å². The van der Waals surface area contributed by atoms with Crippen LogP contribution in [0.2, 0.25) is 0 Å². The molecule has 0 aliphatic heterocycles. The molecule has 0 amide bonds. The molecule has 0 unspecified atom stereocenters. The minimum absolute atomic E-state index is 0.0957. The summed E-state index contributed by atoms with van der Waals surface area (Å²) in [5, 5.41) is 1.03. The molecule has 0 aliphatic carbocycles. The normalized spacial score (nSPS) is 10.9. The Balaban J connectivity index is 2.20. The Bertz CT molecular complexity index is 789. The van der Waals surface area contributed by atoms with Crippen LogP contribution in [0.15, 0.2) is 54.7 Å². The molecule has 2 aromatic carbocycles. The molecular weight excluding hydrogens is 361 g/mol. The highest BCUT2D eigenvalue weighted by atomic mass is 127. The van der Waals surface area contributed by atoms with Crippen LogP contribution in [0.3, 0.4) is 0 Å². The van der Waals surface area contributed by atoms with E-state index >= 15 is 0 Å². The van der Waals surface area contributed by atoms with E-state index in [0.717, 1.165) is 32.1 Å². The monoisotopic (exact) mass is 375 g/mol. The fourth-order valence-corrected chi connectivity index (χ4v) is 3.11. The van der Waals surface area contributed by atoms with Crippen LogP contribution < -0.4 is 0 Å². The molecule has 0 saturated heterocycles. The van der Waals surface area contributed by atoms with Crippen LogP contribution >= 0.6 is 22.6 Å². The number of hydrogen-bond donors (Lipinski definition) is 0. The van der Waals surface area contributed by atoms with Crippen molar-refractivity contribution < 1.29 is 4.79 Å². The Labute approximate surface area is 131 Å². The third-order valence-corrected chi connectivity index (χ3v) is 4.43. The first kappa shape index (κ1) is 13.4. The molecule has 1 aromatic heterocycles. The van der Waals surface area contributed by atoms with Gasteiger partial charge in [-0.25, -0.2) is 0 Å². The maximum Gasteiger partial charge on any atom is 0.196 e. The fourth-order valence-electron chi connectivity index (χ4n) is 2.48. The van der Waals surface area contributed by atoms with E-state index < -0.39 is 0 Å². The molecule has 3 rings (SSSR count). The lowest BCUT2D eigenvalue weighted by Crippen LogP contribution is -2.03. The molecule has 0 aliphatic rings. The number of nitrogens with zero attached hydrogens (tertiary/aromatic N) is 1. The van der Waals surface area contributed by atoms with Crippen molar-refractivity contribution in [2.24, 2.45) is 0 Å². The Kier molecular flexibility index (Phi) is 3.61. The summed E-state index contributed by atoms with van der Waals surface area (Å²) in [5.41, 5.74) is 2.67. The van der Waals surface area contributed by atoms with Gasteiger partial charge in [-0.1, -0.05) is 30.3 Å². The number of benzene rings is 2. The summed E-state index contributed by atoms with van der Waals surface area (Å²) >= 11 is 2.21. The largest absolute Gasteiger partial charge is 0.347 e. The number of aromatic nitrogens is 1. The highest BCUT2D eigenvalue weighted by Gasteiger charge is 2.17. The zero-order valence-electron chi connectivity index (χ0n) is 11.1. The predicted octanol–water partition coefficient (Wildman–Crippen LogP) is 4.50. The van der Waals surface area contributed by atoms with Gasteiger partial charge >= 0.3 is 0 Å². The highest BCUT2D eigenvalue weighted by Crippen LogP contribution is 2.25. The van der Waals surface area contributed by atoms with E-state index in [0.29, 0.717) is 0 Å². The van der Waals surface area contributed by atoms with E-state index in [4.69, 9.17) is 0 Å². The minimum atomic E-state index is 0.0957. The van der Waals surface area contributed by atoms with Gasteiger partial charge in [0.25, 0.3) is 0 Å². The van der Waals surface area contributed by atoms with Crippen molar-refractivity contribution in [2.75, 3.05) is 0 Å². The summed E-state index contributed by atoms with van der Waals surface area (Å²) in [6, 6.07) is 15.8. The molecule has 1 heterocycles. The molecule has 2 nitrogen and oxygen atoms in total. The maximum atomic E-state index is 12.8. The summed E-state index contributed by atoms with van der Waals surface area (Å²) in [4.78, 5) is 12.8. The van der Waals surface area contributed by atoms with Gasteiger partial charge in [-0.2, -0.15) is 0 Å². The van der Waals surface area contributed by atoms with Gasteiger partial charge in [-0.05, 0) is 47.7 Å². The van der Waals surface area contributed by atoms with Crippen LogP contribution in [-0.2, 0) is 6.54 Å². The summed E-state index contributed by atoms with van der Waals surface area (Å²) in [6.07, 6.45) is 1.97. The van der Waals surface area contributed by atoms with Gasteiger partial charge in [-0.15, -0.1) is 0 Å². The summed E-state index contributed by atoms with van der Waals surface area (Å²) in [5.74, 6) is 0.0957. The quantitative estimate of drug-likeness (QED) is 0.488. The van der Waals surface area contributed by atoms with Crippen LogP contribution in [0.25, 0.3) is 10.9 Å². The zero-order chi connectivity index (χ0) is 14.1. The number of carbonyl (C=O) groups is 1. The van der Waals surface area contributed by atoms with E-state index in [1.807, 2.05) is 48.7 Å². The van der Waals surface area contributed by atoms with Crippen LogP contribution in [-0.4, -0.2) is 10.4 Å². The Morgan fingerprint density at radius 3 is 2.50 bits per heavy atom. The van der Waals surface area contributed by atoms with Crippen molar-refractivity contribution in [2.45, 2.75) is 13.5 Å². The third kappa shape index (κ3) is 2.16. The summed E-state index contributed by atoms with van der Waals surface area (Å²) < 4.78 is 3.11. The van der Waals surface area contributed by atoms with Crippen molar-refractivity contribution in [3.8, 4) is 0 Å². The molecule has 0 saturated carbocycles. The first-order valence-electron chi connectivity index (χ1n) is 6.59. The van der Waals surface area contributed by atoms with Crippen LogP contribution in [0, 0.1) is 3.57 Å². The number of aryl methyl sites for hydroxylation is 1. The van der Waals surface area contributed by atoms with Crippen molar-refractivity contribution in [3.05, 3.63) is 69.4 Å². The first-order valence-corrected chi connectivity index (χ1v) is 7.67. The van der Waals surface area contributed by atoms with Crippen molar-refractivity contribution >= 4 is 39.3 Å². The molecule has 0 radical (unpaired) electrons. The van der Waals surface area contributed by atoms with Gasteiger partial charge in [0, 0.05) is 38.3 Å². The standard InChI is InChI=1S/C17H14INO/c1-2-19-11-14(12-7-4-6-10-16(12)19)17(20)13-8-3-5-9-15(13)18/h3-11H,2H2,1H3. The second-order valence-corrected chi connectivity index (χ2v) is 5.82. The topological polar surface area (TPSA) is 22.0 Å². The van der Waals surface area contributed by atoms with Crippen LogP contribution in [0.5, 0.6) is 0 Å². The number of para-hydroxylation sites is 1. The van der Waals surface area contributed by atoms with Crippen molar-refractivity contribution in [1.29, 1.82) is 0 Å². The Morgan fingerprint density at radius 2 is 1.75 bits per heavy atom. The van der Waals surface area contributed by atoms with Gasteiger partial charge in [0.15, 0.2) is 5.78 Å². The van der Waals surface area contributed by atoms with Crippen LogP contribution in [0.4, 0.5) is 0 Å². The lowest BCUT2D eigenvalue weighted by Gasteiger charge is -2.02. The molecule has 3 aromatic rings. The van der Waals surface area contributed by atoms with E-state index in [2.05, 4.69) is 40.1 Å². The lowest BCUT2D eigenvalue weighted by atomic mass is 10.0. The predicted molar refractivity (Wildman–Crippen MR) is 90.2 cm³/mol. The Morgan fingerprint density at radius 1 is 1.05 bits per heavy atom. The maximum absolute atomic E-state index is 12.8. The highest BCUT2D eigenvalue weighted by molar-refractivity contribution is 14.1. The van der Waals surface area contributed by atoms with Crippen molar-refractivity contribution in [3.63, 3.8) is 0 Å². The van der Waals surface area contributed by atoms with Crippen molar-refractivity contribution in [1.82, 2.24) is 4.57 Å². The molecule has 0 fully saturated rings. The molecule has 0 spiro atoms. The van der Waals surface area contributed by atoms with Gasteiger partial charge in [0.2, 0.25) is 0 Å². The van der Waals surface area contributed by atoms with Crippen LogP contribution in [0.1, 0.15) is 22.8 Å². The molecule has 100 valence electrons. The molecule has 20 heavy (non-hydrogen) atoms. The molecule has 0 bridgehead atoms. The Hall–Kier alpha value is -1.62. The second kappa shape index (κ2) is 5.40. The number of rotatable bonds is 3. The van der Waals surface area contributed by atoms with E-state index in [-0.39, 0.29) is 5.78 Å². The van der Waals surface area contributed by atoms with E-state index in [9.17, 15) is 4.79 Å². The number of halogens is 1. The second-order valence-electron chi connectivity index (χ2n) is 4.65. The summed E-state index contributed by atoms with van der Waals surface area (Å²) in [7, 11) is 0. The minimum Gasteiger partial charge on any atom is -0.347 e. The lowest BCUT2D eigenvalue weighted by molar-refractivity contribution is 0.103. The van der Waals surface area contributed by atoms with Gasteiger partial charge < -0.3 is 4.57 Å². The van der Waals surface area contributed by atoms with E-state index in [1.165, 1.54) is 0 Å². The zero-order valence-corrected chi connectivity index (χ0v) is 13.3. The van der Waals surface area contributed by atoms with Gasteiger partial charge in [0.1, 0.15) is 0 Å². The first-order chi connectivity index (χ1) is 9.72. The number of hydrogen-bond acceptors (Lipinski definition) is 1. The molecule has 0 N–H and O–H groups in total. The summed E-state index contributed by atoms with van der Waals surface area (Å²) in [6.45, 7) is 2.95. The molecular formula is C17H14INO. The number of ketones is 1. The smallest absolute Gasteiger partial charge is 0.196 e. The van der Waals surface area contributed by atoms with Gasteiger partial charge in [0.05, 0.1) is 0 Å². The average molecular weight is 375 g/mol.